The molecule has 2 atom stereocenters. The molecule has 1 fully saturated rings. The van der Waals surface area contributed by atoms with Crippen molar-refractivity contribution in [2.24, 2.45) is 0 Å². The highest BCUT2D eigenvalue weighted by Gasteiger charge is 2.28. The maximum atomic E-state index is 4.77. The minimum absolute atomic E-state index is 0.538. The molecule has 112 valence electrons. The fourth-order valence-electron chi connectivity index (χ4n) is 2.84. The average molecular weight is 277 g/mol. The highest BCUT2D eigenvalue weighted by atomic mass is 15.3. The summed E-state index contributed by atoms with van der Waals surface area (Å²) < 4.78 is 0. The molecule has 1 aromatic rings. The molecule has 1 aromatic heterocycles. The van der Waals surface area contributed by atoms with Crippen molar-refractivity contribution in [1.29, 1.82) is 0 Å². The monoisotopic (exact) mass is 277 g/mol. The summed E-state index contributed by atoms with van der Waals surface area (Å²) >= 11 is 0. The lowest BCUT2D eigenvalue weighted by molar-refractivity contribution is 0.169. The maximum Gasteiger partial charge on any atom is 0.137 e. The third-order valence-electron chi connectivity index (χ3n) is 4.38. The smallest absolute Gasteiger partial charge is 0.137 e. The molecule has 5 heteroatoms. The molecule has 2 unspecified atom stereocenters. The van der Waals surface area contributed by atoms with Gasteiger partial charge in [0.25, 0.3) is 0 Å². The predicted molar refractivity (Wildman–Crippen MR) is 84.6 cm³/mol. The number of hydrogen-bond donors (Lipinski definition) is 1. The Labute approximate surface area is 122 Å². The number of rotatable bonds is 3. The first-order valence-electron chi connectivity index (χ1n) is 7.50. The fraction of sp³-hybridized carbons (Fsp3) is 0.733. The molecule has 2 heterocycles. The van der Waals surface area contributed by atoms with Crippen molar-refractivity contribution in [2.45, 2.75) is 46.2 Å². The highest BCUT2D eigenvalue weighted by Crippen LogP contribution is 2.26. The van der Waals surface area contributed by atoms with Gasteiger partial charge in [-0.3, -0.25) is 4.90 Å². The Morgan fingerprint density at radius 1 is 1.20 bits per heavy atom. The first kappa shape index (κ1) is 15.0. The number of piperazine rings is 1. The van der Waals surface area contributed by atoms with Crippen molar-refractivity contribution in [2.75, 3.05) is 37.4 Å². The van der Waals surface area contributed by atoms with Gasteiger partial charge in [0.2, 0.25) is 0 Å². The van der Waals surface area contributed by atoms with Gasteiger partial charge in [0.05, 0.1) is 0 Å². The first-order valence-corrected chi connectivity index (χ1v) is 7.50. The predicted octanol–water partition coefficient (Wildman–Crippen LogP) is 1.92. The van der Waals surface area contributed by atoms with Gasteiger partial charge in [0.1, 0.15) is 17.5 Å². The molecule has 0 saturated carbocycles. The van der Waals surface area contributed by atoms with Gasteiger partial charge < -0.3 is 10.2 Å². The Balaban J connectivity index is 2.36. The van der Waals surface area contributed by atoms with Crippen LogP contribution in [0.4, 0.5) is 11.6 Å². The summed E-state index contributed by atoms with van der Waals surface area (Å²) in [4.78, 5) is 14.2. The van der Waals surface area contributed by atoms with E-state index in [9.17, 15) is 0 Å². The van der Waals surface area contributed by atoms with Crippen molar-refractivity contribution in [3.05, 3.63) is 11.4 Å². The zero-order chi connectivity index (χ0) is 14.9. The molecule has 20 heavy (non-hydrogen) atoms. The number of nitrogens with zero attached hydrogens (tertiary/aromatic N) is 4. The summed E-state index contributed by atoms with van der Waals surface area (Å²) in [7, 11) is 4.13. The van der Waals surface area contributed by atoms with E-state index in [1.165, 1.54) is 0 Å². The van der Waals surface area contributed by atoms with Gasteiger partial charge in [-0.15, -0.1) is 0 Å². The quantitative estimate of drug-likeness (QED) is 0.914. The zero-order valence-electron chi connectivity index (χ0n) is 13.6. The summed E-state index contributed by atoms with van der Waals surface area (Å²) in [5.74, 6) is 2.95. The molecule has 1 aliphatic rings. The maximum absolute atomic E-state index is 4.77. The SMILES string of the molecule is CCc1nc(NC)c(C)c(N2CC(C)N(C)C(C)C2)n1. The van der Waals surface area contributed by atoms with Crippen LogP contribution in [0.15, 0.2) is 0 Å². The van der Waals surface area contributed by atoms with E-state index in [4.69, 9.17) is 4.98 Å². The van der Waals surface area contributed by atoms with E-state index in [-0.39, 0.29) is 0 Å². The lowest BCUT2D eigenvalue weighted by atomic mass is 10.1. The van der Waals surface area contributed by atoms with Crippen LogP contribution in [0.2, 0.25) is 0 Å². The highest BCUT2D eigenvalue weighted by molar-refractivity contribution is 5.58. The van der Waals surface area contributed by atoms with E-state index in [1.807, 2.05) is 7.05 Å². The number of aryl methyl sites for hydroxylation is 1. The third kappa shape index (κ3) is 2.73. The molecule has 0 amide bonds. The molecule has 1 saturated heterocycles. The second-order valence-electron chi connectivity index (χ2n) is 5.81. The first-order chi connectivity index (χ1) is 9.47. The average Bonchev–Trinajstić information content (AvgIpc) is 2.44. The van der Waals surface area contributed by atoms with Crippen LogP contribution in [-0.4, -0.2) is 54.1 Å². The largest absolute Gasteiger partial charge is 0.373 e. The van der Waals surface area contributed by atoms with Crippen molar-refractivity contribution < 1.29 is 0 Å². The molecule has 0 spiro atoms. The van der Waals surface area contributed by atoms with E-state index in [0.717, 1.165) is 42.5 Å². The van der Waals surface area contributed by atoms with Gasteiger partial charge in [-0.2, -0.15) is 0 Å². The lowest BCUT2D eigenvalue weighted by Gasteiger charge is -2.43. The van der Waals surface area contributed by atoms with Crippen LogP contribution < -0.4 is 10.2 Å². The third-order valence-corrected chi connectivity index (χ3v) is 4.38. The van der Waals surface area contributed by atoms with Crippen molar-refractivity contribution in [3.63, 3.8) is 0 Å². The second-order valence-corrected chi connectivity index (χ2v) is 5.81. The summed E-state index contributed by atoms with van der Waals surface area (Å²) in [5, 5.41) is 3.19. The van der Waals surface area contributed by atoms with Crippen LogP contribution in [-0.2, 0) is 6.42 Å². The normalized spacial score (nSPS) is 24.0. The Morgan fingerprint density at radius 2 is 1.80 bits per heavy atom. The summed E-state index contributed by atoms with van der Waals surface area (Å²) in [6, 6.07) is 1.08. The van der Waals surface area contributed by atoms with Crippen LogP contribution in [0.5, 0.6) is 0 Å². The Kier molecular flexibility index (Phi) is 4.48. The molecular weight excluding hydrogens is 250 g/mol. The van der Waals surface area contributed by atoms with Gasteiger partial charge in [0.15, 0.2) is 0 Å². The van der Waals surface area contributed by atoms with Gasteiger partial charge in [-0.25, -0.2) is 9.97 Å². The Hall–Kier alpha value is -1.36. The number of likely N-dealkylation sites (N-methyl/N-ethyl adjacent to an activating group) is 1. The van der Waals surface area contributed by atoms with E-state index >= 15 is 0 Å². The molecule has 5 nitrogen and oxygen atoms in total. The second kappa shape index (κ2) is 5.95. The van der Waals surface area contributed by atoms with E-state index in [0.29, 0.717) is 12.1 Å². The zero-order valence-corrected chi connectivity index (χ0v) is 13.6. The van der Waals surface area contributed by atoms with Crippen LogP contribution >= 0.6 is 0 Å². The molecule has 0 radical (unpaired) electrons. The number of anilines is 2. The summed E-state index contributed by atoms with van der Waals surface area (Å²) in [5.41, 5.74) is 1.15. The molecule has 0 bridgehead atoms. The minimum atomic E-state index is 0.538. The van der Waals surface area contributed by atoms with E-state index in [2.05, 4.69) is 54.8 Å². The Morgan fingerprint density at radius 3 is 2.30 bits per heavy atom. The fourth-order valence-corrected chi connectivity index (χ4v) is 2.84. The van der Waals surface area contributed by atoms with Crippen LogP contribution in [0.3, 0.4) is 0 Å². The van der Waals surface area contributed by atoms with E-state index < -0.39 is 0 Å². The van der Waals surface area contributed by atoms with Crippen LogP contribution in [0.25, 0.3) is 0 Å². The Bertz CT molecular complexity index is 462. The summed E-state index contributed by atoms with van der Waals surface area (Å²) in [6.45, 7) is 10.8. The topological polar surface area (TPSA) is 44.3 Å². The van der Waals surface area contributed by atoms with Gasteiger partial charge in [-0.1, -0.05) is 6.92 Å². The summed E-state index contributed by atoms with van der Waals surface area (Å²) in [6.07, 6.45) is 0.862. The van der Waals surface area contributed by atoms with Crippen molar-refractivity contribution in [3.8, 4) is 0 Å². The standard InChI is InChI=1S/C15H27N5/c1-7-13-17-14(16-5)12(4)15(18-13)20-8-10(2)19(6)11(3)9-20/h10-11H,7-9H2,1-6H3,(H,16,17,18). The molecule has 0 aliphatic carbocycles. The van der Waals surface area contributed by atoms with Gasteiger partial charge in [-0.05, 0) is 27.8 Å². The number of aromatic nitrogens is 2. The lowest BCUT2D eigenvalue weighted by Crippen LogP contribution is -2.55. The molecule has 1 aliphatic heterocycles. The minimum Gasteiger partial charge on any atom is -0.373 e. The van der Waals surface area contributed by atoms with Crippen LogP contribution in [0, 0.1) is 6.92 Å². The molecular formula is C15H27N5. The number of hydrogen-bond acceptors (Lipinski definition) is 5. The van der Waals surface area contributed by atoms with Gasteiger partial charge >= 0.3 is 0 Å². The van der Waals surface area contributed by atoms with Crippen molar-refractivity contribution in [1.82, 2.24) is 14.9 Å². The van der Waals surface area contributed by atoms with E-state index in [1.54, 1.807) is 0 Å². The molecule has 1 N–H and O–H groups in total. The van der Waals surface area contributed by atoms with Crippen molar-refractivity contribution >= 4 is 11.6 Å². The number of nitrogens with one attached hydrogen (secondary N) is 1. The molecule has 0 aromatic carbocycles. The van der Waals surface area contributed by atoms with Gasteiger partial charge in [0, 0.05) is 44.2 Å². The van der Waals surface area contributed by atoms with Crippen LogP contribution in [0.1, 0.15) is 32.2 Å². The molecule has 2 rings (SSSR count).